The number of anilines is 1. The number of hydrogen-bond acceptors (Lipinski definition) is 8. The van der Waals surface area contributed by atoms with Crippen molar-refractivity contribution in [1.29, 1.82) is 0 Å². The van der Waals surface area contributed by atoms with Crippen LogP contribution in [0.3, 0.4) is 0 Å². The van der Waals surface area contributed by atoms with Crippen LogP contribution in [0.4, 0.5) is 5.82 Å². The Morgan fingerprint density at radius 3 is 2.59 bits per heavy atom. The highest BCUT2D eigenvalue weighted by atomic mass is 35.5. The van der Waals surface area contributed by atoms with E-state index in [1.807, 2.05) is 43.3 Å². The first-order valence-corrected chi connectivity index (χ1v) is 10.5. The number of carbonyl (C=O) groups excluding carboxylic acids is 1. The Labute approximate surface area is 189 Å². The summed E-state index contributed by atoms with van der Waals surface area (Å²) in [6, 6.07) is 14.9. The molecule has 0 aliphatic rings. The fraction of sp³-hybridized carbons (Fsp3) is 0.217. The fourth-order valence-corrected chi connectivity index (χ4v) is 3.32. The number of nitrogens with zero attached hydrogens (tertiary/aromatic N) is 3. The molecule has 2 aromatic heterocycles. The van der Waals surface area contributed by atoms with Gasteiger partial charge in [0.2, 0.25) is 5.82 Å². The zero-order chi connectivity index (χ0) is 22.5. The van der Waals surface area contributed by atoms with E-state index in [1.54, 1.807) is 19.1 Å². The van der Waals surface area contributed by atoms with Crippen LogP contribution in [0.25, 0.3) is 22.4 Å². The van der Waals surface area contributed by atoms with Crippen molar-refractivity contribution in [2.45, 2.75) is 20.4 Å². The quantitative estimate of drug-likeness (QED) is 0.367. The van der Waals surface area contributed by atoms with Gasteiger partial charge in [-0.2, -0.15) is 4.98 Å². The maximum atomic E-state index is 12.3. The van der Waals surface area contributed by atoms with Gasteiger partial charge in [-0.3, -0.25) is 0 Å². The first-order valence-electron chi connectivity index (χ1n) is 10.2. The second-order valence-electron chi connectivity index (χ2n) is 6.73. The summed E-state index contributed by atoms with van der Waals surface area (Å²) in [6.45, 7) is 4.80. The third-order valence-corrected chi connectivity index (χ3v) is 4.88. The van der Waals surface area contributed by atoms with Gasteiger partial charge in [-0.05, 0) is 32.0 Å². The molecule has 0 atom stereocenters. The maximum Gasteiger partial charge on any atom is 0.376 e. The van der Waals surface area contributed by atoms with Gasteiger partial charge in [0.05, 0.1) is 13.2 Å². The van der Waals surface area contributed by atoms with Crippen molar-refractivity contribution in [3.8, 4) is 17.0 Å². The van der Waals surface area contributed by atoms with Crippen molar-refractivity contribution in [2.75, 3.05) is 18.5 Å². The van der Waals surface area contributed by atoms with E-state index in [0.717, 1.165) is 16.9 Å². The van der Waals surface area contributed by atoms with E-state index in [-0.39, 0.29) is 18.1 Å². The van der Waals surface area contributed by atoms with Crippen molar-refractivity contribution in [2.24, 2.45) is 0 Å². The number of esters is 1. The van der Waals surface area contributed by atoms with E-state index in [9.17, 15) is 4.79 Å². The van der Waals surface area contributed by atoms with Crippen molar-refractivity contribution in [1.82, 2.24) is 15.1 Å². The lowest BCUT2D eigenvalue weighted by Gasteiger charge is -2.12. The Bertz CT molecular complexity index is 1240. The third kappa shape index (κ3) is 4.50. The van der Waals surface area contributed by atoms with E-state index in [2.05, 4.69) is 20.4 Å². The van der Waals surface area contributed by atoms with Crippen LogP contribution in [-0.4, -0.2) is 34.3 Å². The summed E-state index contributed by atoms with van der Waals surface area (Å²) in [5, 5.41) is 8.60. The lowest BCUT2D eigenvalue weighted by Crippen LogP contribution is -2.12. The Balaban J connectivity index is 1.78. The van der Waals surface area contributed by atoms with E-state index in [0.29, 0.717) is 35.1 Å². The molecule has 0 aliphatic carbocycles. The second-order valence-corrected chi connectivity index (χ2v) is 7.17. The van der Waals surface area contributed by atoms with Gasteiger partial charge in [0.15, 0.2) is 0 Å². The minimum absolute atomic E-state index is 0.112. The van der Waals surface area contributed by atoms with Gasteiger partial charge in [-0.1, -0.05) is 47.1 Å². The predicted molar refractivity (Wildman–Crippen MR) is 121 cm³/mol. The molecule has 0 amide bonds. The molecular weight excluding hydrogens is 432 g/mol. The molecule has 4 rings (SSSR count). The monoisotopic (exact) mass is 452 g/mol. The number of para-hydroxylation sites is 1. The lowest BCUT2D eigenvalue weighted by atomic mass is 10.1. The summed E-state index contributed by atoms with van der Waals surface area (Å²) < 4.78 is 16.2. The van der Waals surface area contributed by atoms with Gasteiger partial charge in [-0.25, -0.2) is 9.78 Å². The number of nitrogens with one attached hydrogen (secondary N) is 1. The fourth-order valence-electron chi connectivity index (χ4n) is 3.20. The van der Waals surface area contributed by atoms with Gasteiger partial charge >= 0.3 is 5.97 Å². The Morgan fingerprint density at radius 1 is 1.06 bits per heavy atom. The average Bonchev–Trinajstić information content (AvgIpc) is 3.23. The molecule has 0 saturated carbocycles. The van der Waals surface area contributed by atoms with Gasteiger partial charge < -0.3 is 19.3 Å². The van der Waals surface area contributed by atoms with E-state index in [1.165, 1.54) is 0 Å². The van der Waals surface area contributed by atoms with Crippen molar-refractivity contribution < 1.29 is 18.8 Å². The number of benzene rings is 2. The number of ether oxygens (including phenoxy) is 2. The van der Waals surface area contributed by atoms with Crippen molar-refractivity contribution in [3.63, 3.8) is 0 Å². The summed E-state index contributed by atoms with van der Waals surface area (Å²) in [5.74, 6) is 0.410. The first-order chi connectivity index (χ1) is 15.6. The van der Waals surface area contributed by atoms with Gasteiger partial charge in [-0.15, -0.1) is 0 Å². The van der Waals surface area contributed by atoms with Crippen molar-refractivity contribution in [3.05, 3.63) is 64.9 Å². The normalized spacial score (nSPS) is 10.8. The standard InChI is InChI=1S/C23H21ClN4O4/c1-3-30-17-8-6-5-7-15(17)13-25-20-18-19(14-9-11-16(24)12-10-14)28-32-22(18)27-21(26-20)23(29)31-4-2/h5-12H,3-4,13H2,1-2H3,(H,25,26,27). The molecule has 8 nitrogen and oxygen atoms in total. The van der Waals surface area contributed by atoms with E-state index < -0.39 is 5.97 Å². The summed E-state index contributed by atoms with van der Waals surface area (Å²) >= 11 is 6.02. The summed E-state index contributed by atoms with van der Waals surface area (Å²) in [6.07, 6.45) is 0. The van der Waals surface area contributed by atoms with E-state index in [4.69, 9.17) is 25.6 Å². The van der Waals surface area contributed by atoms with Crippen LogP contribution in [0.5, 0.6) is 5.75 Å². The average molecular weight is 453 g/mol. The van der Waals surface area contributed by atoms with Crippen LogP contribution < -0.4 is 10.1 Å². The molecule has 0 radical (unpaired) electrons. The zero-order valence-corrected chi connectivity index (χ0v) is 18.3. The van der Waals surface area contributed by atoms with Crippen LogP contribution in [0.2, 0.25) is 5.02 Å². The van der Waals surface area contributed by atoms with Crippen LogP contribution in [0.1, 0.15) is 30.0 Å². The number of fused-ring (bicyclic) bond motifs is 1. The first kappa shape index (κ1) is 21.6. The topological polar surface area (TPSA) is 99.4 Å². The summed E-state index contributed by atoms with van der Waals surface area (Å²) in [7, 11) is 0. The molecule has 2 aromatic carbocycles. The minimum Gasteiger partial charge on any atom is -0.494 e. The van der Waals surface area contributed by atoms with Crippen LogP contribution in [0, 0.1) is 0 Å². The van der Waals surface area contributed by atoms with Crippen LogP contribution in [0.15, 0.2) is 53.1 Å². The molecule has 0 saturated heterocycles. The molecule has 0 unspecified atom stereocenters. The van der Waals surface area contributed by atoms with Gasteiger partial charge in [0.25, 0.3) is 5.71 Å². The highest BCUT2D eigenvalue weighted by Crippen LogP contribution is 2.33. The Morgan fingerprint density at radius 2 is 1.84 bits per heavy atom. The minimum atomic E-state index is -0.642. The van der Waals surface area contributed by atoms with Crippen LogP contribution >= 0.6 is 11.6 Å². The highest BCUT2D eigenvalue weighted by molar-refractivity contribution is 6.30. The molecule has 1 N–H and O–H groups in total. The van der Waals surface area contributed by atoms with E-state index >= 15 is 0 Å². The van der Waals surface area contributed by atoms with Gasteiger partial charge in [0, 0.05) is 22.7 Å². The molecule has 0 fully saturated rings. The lowest BCUT2D eigenvalue weighted by molar-refractivity contribution is 0.0512. The number of rotatable bonds is 8. The maximum absolute atomic E-state index is 12.3. The number of carbonyl (C=O) groups is 1. The van der Waals surface area contributed by atoms with Crippen molar-refractivity contribution >= 4 is 34.5 Å². The number of hydrogen-bond donors (Lipinski definition) is 1. The van der Waals surface area contributed by atoms with Gasteiger partial charge in [0.1, 0.15) is 22.6 Å². The largest absolute Gasteiger partial charge is 0.494 e. The zero-order valence-electron chi connectivity index (χ0n) is 17.6. The molecule has 4 aromatic rings. The molecular formula is C23H21ClN4O4. The smallest absolute Gasteiger partial charge is 0.376 e. The highest BCUT2D eigenvalue weighted by Gasteiger charge is 2.22. The molecule has 2 heterocycles. The molecule has 32 heavy (non-hydrogen) atoms. The SMILES string of the molecule is CCOC(=O)c1nc(NCc2ccccc2OCC)c2c(-c3ccc(Cl)cc3)noc2n1. The molecule has 0 bridgehead atoms. The molecule has 9 heteroatoms. The Hall–Kier alpha value is -3.65. The van der Waals surface area contributed by atoms with Crippen LogP contribution in [-0.2, 0) is 11.3 Å². The molecule has 0 aliphatic heterocycles. The predicted octanol–water partition coefficient (Wildman–Crippen LogP) is 5.13. The molecule has 164 valence electrons. The number of halogens is 1. The summed E-state index contributed by atoms with van der Waals surface area (Å²) in [4.78, 5) is 20.9. The summed E-state index contributed by atoms with van der Waals surface area (Å²) in [5.41, 5.74) is 2.42. The molecule has 0 spiro atoms. The second kappa shape index (κ2) is 9.65. The third-order valence-electron chi connectivity index (χ3n) is 4.63. The Kier molecular flexibility index (Phi) is 6.51. The number of aromatic nitrogens is 3.